The van der Waals surface area contributed by atoms with Gasteiger partial charge < -0.3 is 5.11 Å². The molecule has 80 valence electrons. The lowest BCUT2D eigenvalue weighted by molar-refractivity contribution is -0.132. The molecular weight excluding hydrogens is 202 g/mol. The van der Waals surface area contributed by atoms with Crippen LogP contribution in [0.1, 0.15) is 19.4 Å². The molecule has 1 rings (SSSR count). The van der Waals surface area contributed by atoms with Crippen LogP contribution in [0, 0.1) is 11.6 Å². The Bertz CT molecular complexity index is 436. The van der Waals surface area contributed by atoms with E-state index in [-0.39, 0.29) is 16.7 Å². The summed E-state index contributed by atoms with van der Waals surface area (Å²) in [5.74, 6) is -2.37. The smallest absolute Gasteiger partial charge is 0.331 e. The fourth-order valence-corrected chi connectivity index (χ4v) is 1.15. The predicted molar refractivity (Wildman–Crippen MR) is 52.3 cm³/mol. The van der Waals surface area contributed by atoms with Gasteiger partial charge in [0.05, 0.1) is 0 Å². The Hall–Kier alpha value is -1.71. The highest BCUT2D eigenvalue weighted by molar-refractivity contribution is 5.95. The third-order valence-corrected chi connectivity index (χ3v) is 2.22. The molecule has 0 saturated carbocycles. The maximum absolute atomic E-state index is 13.3. The van der Waals surface area contributed by atoms with E-state index >= 15 is 0 Å². The number of carbonyl (C=O) groups is 1. The predicted octanol–water partition coefficient (Wildman–Crippen LogP) is 2.84. The molecule has 0 spiro atoms. The lowest BCUT2D eigenvalue weighted by Crippen LogP contribution is -2.00. The zero-order valence-corrected chi connectivity index (χ0v) is 8.34. The van der Waals surface area contributed by atoms with Crippen LogP contribution in [-0.2, 0) is 4.79 Å². The van der Waals surface area contributed by atoms with Crippen molar-refractivity contribution in [3.8, 4) is 0 Å². The SMILES string of the molecule is C/C(C(=O)O)=C(\C)c1cc(F)ccc1F. The van der Waals surface area contributed by atoms with Gasteiger partial charge in [0.15, 0.2) is 0 Å². The van der Waals surface area contributed by atoms with Crippen molar-refractivity contribution in [1.29, 1.82) is 0 Å². The van der Waals surface area contributed by atoms with E-state index in [1.165, 1.54) is 13.8 Å². The molecule has 15 heavy (non-hydrogen) atoms. The van der Waals surface area contributed by atoms with Crippen molar-refractivity contribution in [3.05, 3.63) is 41.0 Å². The van der Waals surface area contributed by atoms with Crippen molar-refractivity contribution < 1.29 is 18.7 Å². The van der Waals surface area contributed by atoms with Gasteiger partial charge in [0.2, 0.25) is 0 Å². The van der Waals surface area contributed by atoms with Crippen LogP contribution in [0.5, 0.6) is 0 Å². The quantitative estimate of drug-likeness (QED) is 0.765. The van der Waals surface area contributed by atoms with Crippen molar-refractivity contribution in [1.82, 2.24) is 0 Å². The number of halogens is 2. The van der Waals surface area contributed by atoms with Crippen molar-refractivity contribution in [3.63, 3.8) is 0 Å². The molecule has 0 fully saturated rings. The van der Waals surface area contributed by atoms with E-state index in [0.717, 1.165) is 18.2 Å². The molecule has 0 aromatic heterocycles. The van der Waals surface area contributed by atoms with Gasteiger partial charge in [-0.3, -0.25) is 0 Å². The van der Waals surface area contributed by atoms with Gasteiger partial charge in [-0.1, -0.05) is 0 Å². The summed E-state index contributed by atoms with van der Waals surface area (Å²) < 4.78 is 26.1. The Morgan fingerprint density at radius 3 is 2.40 bits per heavy atom. The standard InChI is InChI=1S/C11H10F2O2/c1-6(7(2)11(14)15)9-5-8(12)3-4-10(9)13/h3-5H,1-2H3,(H,14,15)/b7-6-. The van der Waals surface area contributed by atoms with Gasteiger partial charge in [-0.2, -0.15) is 0 Å². The monoisotopic (exact) mass is 212 g/mol. The number of hydrogen-bond donors (Lipinski definition) is 1. The maximum Gasteiger partial charge on any atom is 0.331 e. The van der Waals surface area contributed by atoms with Crippen LogP contribution in [0.25, 0.3) is 5.57 Å². The zero-order valence-electron chi connectivity index (χ0n) is 8.34. The minimum absolute atomic E-state index is 0.000463. The van der Waals surface area contributed by atoms with Crippen LogP contribution in [0.4, 0.5) is 8.78 Å². The Balaban J connectivity index is 3.33. The lowest BCUT2D eigenvalue weighted by atomic mass is 10.0. The molecule has 0 aliphatic heterocycles. The lowest BCUT2D eigenvalue weighted by Gasteiger charge is -2.06. The highest BCUT2D eigenvalue weighted by Gasteiger charge is 2.11. The average molecular weight is 212 g/mol. The topological polar surface area (TPSA) is 37.3 Å². The van der Waals surface area contributed by atoms with Crippen LogP contribution in [0.3, 0.4) is 0 Å². The molecular formula is C11H10F2O2. The van der Waals surface area contributed by atoms with Crippen LogP contribution < -0.4 is 0 Å². The van der Waals surface area contributed by atoms with Gasteiger partial charge in [-0.15, -0.1) is 0 Å². The number of carboxylic acid groups (broad SMARTS) is 1. The molecule has 0 aliphatic carbocycles. The summed E-state index contributed by atoms with van der Waals surface area (Å²) in [6.45, 7) is 2.79. The summed E-state index contributed by atoms with van der Waals surface area (Å²) in [6, 6.07) is 2.95. The van der Waals surface area contributed by atoms with Crippen molar-refractivity contribution in [2.45, 2.75) is 13.8 Å². The van der Waals surface area contributed by atoms with E-state index in [2.05, 4.69) is 0 Å². The summed E-state index contributed by atoms with van der Waals surface area (Å²) >= 11 is 0. The first-order valence-electron chi connectivity index (χ1n) is 4.29. The number of aliphatic carboxylic acids is 1. The van der Waals surface area contributed by atoms with Crippen LogP contribution in [0.2, 0.25) is 0 Å². The average Bonchev–Trinajstić information content (AvgIpc) is 2.19. The van der Waals surface area contributed by atoms with E-state index < -0.39 is 17.6 Å². The van der Waals surface area contributed by atoms with Gasteiger partial charge in [0.1, 0.15) is 11.6 Å². The molecule has 0 radical (unpaired) electrons. The van der Waals surface area contributed by atoms with Gasteiger partial charge in [0.25, 0.3) is 0 Å². The zero-order chi connectivity index (χ0) is 11.6. The van der Waals surface area contributed by atoms with Crippen molar-refractivity contribution >= 4 is 11.5 Å². The Morgan fingerprint density at radius 1 is 1.27 bits per heavy atom. The molecule has 0 bridgehead atoms. The highest BCUT2D eigenvalue weighted by atomic mass is 19.1. The number of carboxylic acids is 1. The third-order valence-electron chi connectivity index (χ3n) is 2.22. The van der Waals surface area contributed by atoms with Gasteiger partial charge >= 0.3 is 5.97 Å². The summed E-state index contributed by atoms with van der Waals surface area (Å²) in [5, 5.41) is 8.70. The summed E-state index contributed by atoms with van der Waals surface area (Å²) in [5.41, 5.74) is 0.203. The van der Waals surface area contributed by atoms with Crippen LogP contribution >= 0.6 is 0 Å². The summed E-state index contributed by atoms with van der Waals surface area (Å²) in [4.78, 5) is 10.6. The van der Waals surface area contributed by atoms with Gasteiger partial charge in [0, 0.05) is 11.1 Å². The normalized spacial score (nSPS) is 12.3. The number of allylic oxidation sites excluding steroid dienone is 1. The van der Waals surface area contributed by atoms with Crippen molar-refractivity contribution in [2.75, 3.05) is 0 Å². The number of hydrogen-bond acceptors (Lipinski definition) is 1. The molecule has 1 aromatic carbocycles. The number of rotatable bonds is 2. The maximum atomic E-state index is 13.3. The fraction of sp³-hybridized carbons (Fsp3) is 0.182. The molecule has 2 nitrogen and oxygen atoms in total. The Labute approximate surface area is 85.9 Å². The summed E-state index contributed by atoms with van der Waals surface area (Å²) in [6.07, 6.45) is 0. The molecule has 4 heteroatoms. The minimum Gasteiger partial charge on any atom is -0.478 e. The molecule has 0 unspecified atom stereocenters. The second-order valence-corrected chi connectivity index (χ2v) is 3.18. The van der Waals surface area contributed by atoms with E-state index in [4.69, 9.17) is 5.11 Å². The first-order valence-corrected chi connectivity index (χ1v) is 4.29. The van der Waals surface area contributed by atoms with Crippen molar-refractivity contribution in [2.24, 2.45) is 0 Å². The Morgan fingerprint density at radius 2 is 1.87 bits per heavy atom. The molecule has 0 saturated heterocycles. The Kier molecular flexibility index (Phi) is 3.19. The summed E-state index contributed by atoms with van der Waals surface area (Å²) in [7, 11) is 0. The fourth-order valence-electron chi connectivity index (χ4n) is 1.15. The molecule has 1 aromatic rings. The first kappa shape index (κ1) is 11.4. The number of benzene rings is 1. The first-order chi connectivity index (χ1) is 6.93. The molecule has 0 amide bonds. The molecule has 1 N–H and O–H groups in total. The van der Waals surface area contributed by atoms with E-state index in [0.29, 0.717) is 0 Å². The largest absolute Gasteiger partial charge is 0.478 e. The molecule has 0 heterocycles. The second kappa shape index (κ2) is 4.21. The third kappa shape index (κ3) is 2.40. The van der Waals surface area contributed by atoms with Crippen LogP contribution in [0.15, 0.2) is 23.8 Å². The van der Waals surface area contributed by atoms with E-state index in [1.807, 2.05) is 0 Å². The van der Waals surface area contributed by atoms with Crippen LogP contribution in [-0.4, -0.2) is 11.1 Å². The van der Waals surface area contributed by atoms with E-state index in [9.17, 15) is 13.6 Å². The highest BCUT2D eigenvalue weighted by Crippen LogP contribution is 2.22. The van der Waals surface area contributed by atoms with Gasteiger partial charge in [-0.25, -0.2) is 13.6 Å². The van der Waals surface area contributed by atoms with Gasteiger partial charge in [-0.05, 0) is 37.6 Å². The molecule has 0 aliphatic rings. The minimum atomic E-state index is -1.14. The molecule has 0 atom stereocenters. The second-order valence-electron chi connectivity index (χ2n) is 3.18. The van der Waals surface area contributed by atoms with E-state index in [1.54, 1.807) is 0 Å².